The highest BCUT2D eigenvalue weighted by atomic mass is 16.5. The summed E-state index contributed by atoms with van der Waals surface area (Å²) in [6.45, 7) is 10.4. The van der Waals surface area contributed by atoms with Crippen LogP contribution in [0.15, 0.2) is 12.4 Å². The van der Waals surface area contributed by atoms with Crippen LogP contribution in [0, 0.1) is 46.3 Å². The molecule has 5 heteroatoms. The standard InChI is InChI=1S/C26H41N3O2.C2H6/c1-25-10-8-17(16-31-3)12-18(25)4-5-20-21-6-7-23(26(21,2)11-9-22(20)25)24(30)15-29-14-19(27)13-28-29;1-2/h13-14,17-18,20-23H,4-12,15-16,27H2,1-3H3;1-2H3/t17?,18?,20?,21?,22?,23-,25+,26?;/m1./s1. The summed E-state index contributed by atoms with van der Waals surface area (Å²) in [5, 5.41) is 4.25. The Morgan fingerprint density at radius 1 is 1.09 bits per heavy atom. The van der Waals surface area contributed by atoms with Gasteiger partial charge in [-0.1, -0.05) is 27.7 Å². The van der Waals surface area contributed by atoms with Crippen LogP contribution in [0.2, 0.25) is 0 Å². The Kier molecular flexibility index (Phi) is 7.29. The average molecular weight is 458 g/mol. The van der Waals surface area contributed by atoms with Crippen LogP contribution in [-0.4, -0.2) is 29.3 Å². The fraction of sp³-hybridized carbons (Fsp3) is 0.857. The lowest BCUT2D eigenvalue weighted by atomic mass is 9.44. The van der Waals surface area contributed by atoms with Gasteiger partial charge in [0.25, 0.3) is 0 Å². The van der Waals surface area contributed by atoms with E-state index in [2.05, 4.69) is 18.9 Å². The van der Waals surface area contributed by atoms with Gasteiger partial charge < -0.3 is 10.5 Å². The van der Waals surface area contributed by atoms with Crippen molar-refractivity contribution in [2.45, 2.75) is 92.0 Å². The molecule has 4 aliphatic rings. The normalized spacial score (nSPS) is 41.8. The topological polar surface area (TPSA) is 70.1 Å². The maximum atomic E-state index is 13.3. The smallest absolute Gasteiger partial charge is 0.157 e. The molecular formula is C28H47N3O2. The molecule has 0 aromatic carbocycles. The SMILES string of the molecule is CC.COCC1CC[C@@]2(C)C(CCC3C4CC[C@H](C(=O)Cn5cc(N)cn5)C4(C)CCC32)C1. The maximum absolute atomic E-state index is 13.3. The van der Waals surface area contributed by atoms with Crippen LogP contribution in [0.3, 0.4) is 0 Å². The number of nitrogens with zero attached hydrogens (tertiary/aromatic N) is 2. The maximum Gasteiger partial charge on any atom is 0.157 e. The van der Waals surface area contributed by atoms with Gasteiger partial charge in [0.1, 0.15) is 0 Å². The first-order valence-electron chi connectivity index (χ1n) is 13.6. The number of carbonyl (C=O) groups is 1. The molecule has 4 aliphatic carbocycles. The highest BCUT2D eigenvalue weighted by molar-refractivity contribution is 5.82. The highest BCUT2D eigenvalue weighted by Crippen LogP contribution is 2.67. The van der Waals surface area contributed by atoms with Crippen molar-refractivity contribution in [2.24, 2.45) is 46.3 Å². The van der Waals surface area contributed by atoms with Crippen LogP contribution >= 0.6 is 0 Å². The summed E-state index contributed by atoms with van der Waals surface area (Å²) >= 11 is 0. The molecule has 1 aromatic rings. The second-order valence-electron chi connectivity index (χ2n) is 11.9. The lowest BCUT2D eigenvalue weighted by Crippen LogP contribution is -2.54. The zero-order chi connectivity index (χ0) is 23.8. The van der Waals surface area contributed by atoms with E-state index in [1.807, 2.05) is 21.0 Å². The van der Waals surface area contributed by atoms with Crippen LogP contribution in [0.5, 0.6) is 0 Å². The summed E-state index contributed by atoms with van der Waals surface area (Å²) in [6, 6.07) is 0. The zero-order valence-electron chi connectivity index (χ0n) is 21.7. The lowest BCUT2D eigenvalue weighted by Gasteiger charge is -2.61. The molecule has 2 N–H and O–H groups in total. The van der Waals surface area contributed by atoms with Crippen LogP contribution in [0.25, 0.3) is 0 Å². The number of methoxy groups -OCH3 is 1. The van der Waals surface area contributed by atoms with Gasteiger partial charge in [-0.15, -0.1) is 0 Å². The molecule has 4 fully saturated rings. The summed E-state index contributed by atoms with van der Waals surface area (Å²) in [4.78, 5) is 13.3. The van der Waals surface area contributed by atoms with Crippen molar-refractivity contribution in [1.82, 2.24) is 9.78 Å². The third-order valence-corrected chi connectivity index (χ3v) is 10.5. The van der Waals surface area contributed by atoms with Crippen LogP contribution in [0.1, 0.15) is 85.5 Å². The molecule has 0 saturated heterocycles. The summed E-state index contributed by atoms with van der Waals surface area (Å²) < 4.78 is 7.23. The Labute approximate surface area is 201 Å². The first-order chi connectivity index (χ1) is 15.8. The van der Waals surface area contributed by atoms with Gasteiger partial charge in [0.15, 0.2) is 5.78 Å². The third kappa shape index (κ3) is 4.28. The molecule has 5 rings (SSSR count). The second-order valence-corrected chi connectivity index (χ2v) is 11.9. The van der Waals surface area contributed by atoms with Crippen LogP contribution < -0.4 is 5.73 Å². The van der Waals surface area contributed by atoms with Crippen molar-refractivity contribution in [3.05, 3.63) is 12.4 Å². The zero-order valence-corrected chi connectivity index (χ0v) is 21.7. The summed E-state index contributed by atoms with van der Waals surface area (Å²) in [5.41, 5.74) is 7.11. The molecule has 0 amide bonds. The fourth-order valence-electron chi connectivity index (χ4n) is 9.00. The monoisotopic (exact) mass is 457 g/mol. The molecule has 33 heavy (non-hydrogen) atoms. The largest absolute Gasteiger partial charge is 0.396 e. The quantitative estimate of drug-likeness (QED) is 0.590. The van der Waals surface area contributed by atoms with Crippen molar-refractivity contribution in [3.63, 3.8) is 0 Å². The Morgan fingerprint density at radius 3 is 2.52 bits per heavy atom. The second kappa shape index (κ2) is 9.71. The first-order valence-corrected chi connectivity index (χ1v) is 13.6. The van der Waals surface area contributed by atoms with Gasteiger partial charge in [0, 0.05) is 25.8 Å². The number of hydrogen-bond donors (Lipinski definition) is 1. The van der Waals surface area contributed by atoms with E-state index in [4.69, 9.17) is 10.5 Å². The molecular weight excluding hydrogens is 410 g/mol. The van der Waals surface area contributed by atoms with Gasteiger partial charge in [0.05, 0.1) is 18.4 Å². The number of carbonyl (C=O) groups excluding carboxylic acids is 1. The van der Waals surface area contributed by atoms with Crippen molar-refractivity contribution < 1.29 is 9.53 Å². The number of aromatic nitrogens is 2. The van der Waals surface area contributed by atoms with Crippen molar-refractivity contribution in [2.75, 3.05) is 19.5 Å². The summed E-state index contributed by atoms with van der Waals surface area (Å²) in [7, 11) is 1.85. The molecule has 186 valence electrons. The number of ether oxygens (including phenoxy) is 1. The minimum Gasteiger partial charge on any atom is -0.396 e. The number of rotatable bonds is 5. The predicted octanol–water partition coefficient (Wildman–Crippen LogP) is 5.98. The van der Waals surface area contributed by atoms with E-state index < -0.39 is 0 Å². The third-order valence-electron chi connectivity index (χ3n) is 10.5. The van der Waals surface area contributed by atoms with Crippen molar-refractivity contribution in [1.29, 1.82) is 0 Å². The Bertz CT molecular complexity index is 822. The average Bonchev–Trinajstić information content (AvgIpc) is 3.37. The number of Topliss-reactive ketones (excluding diaryl/α,β-unsaturated/α-hetero) is 1. The number of nitrogen functional groups attached to an aromatic ring is 1. The first kappa shape index (κ1) is 24.8. The highest BCUT2D eigenvalue weighted by Gasteiger charge is 2.61. The molecule has 0 spiro atoms. The van der Waals surface area contributed by atoms with Crippen molar-refractivity contribution in [3.8, 4) is 0 Å². The molecule has 4 saturated carbocycles. The van der Waals surface area contributed by atoms with Crippen LogP contribution in [0.4, 0.5) is 5.69 Å². The molecule has 1 heterocycles. The van der Waals surface area contributed by atoms with Gasteiger partial charge in [-0.25, -0.2) is 0 Å². The number of nitrogens with two attached hydrogens (primary N) is 1. The molecule has 1 aromatic heterocycles. The van der Waals surface area contributed by atoms with E-state index in [0.29, 0.717) is 23.4 Å². The number of ketones is 1. The fourth-order valence-corrected chi connectivity index (χ4v) is 9.00. The Morgan fingerprint density at radius 2 is 1.82 bits per heavy atom. The van der Waals surface area contributed by atoms with E-state index >= 15 is 0 Å². The van der Waals surface area contributed by atoms with E-state index in [-0.39, 0.29) is 11.3 Å². The molecule has 6 unspecified atom stereocenters. The van der Waals surface area contributed by atoms with E-state index in [1.165, 1.54) is 51.4 Å². The minimum atomic E-state index is 0.174. The van der Waals surface area contributed by atoms with E-state index in [0.717, 1.165) is 42.6 Å². The summed E-state index contributed by atoms with van der Waals surface area (Å²) in [5.74, 6) is 4.58. The number of anilines is 1. The molecule has 0 bridgehead atoms. The van der Waals surface area contributed by atoms with Gasteiger partial charge in [-0.2, -0.15) is 5.10 Å². The summed E-state index contributed by atoms with van der Waals surface area (Å²) in [6.07, 6.45) is 15.1. The molecule has 8 atom stereocenters. The molecule has 5 nitrogen and oxygen atoms in total. The molecule has 0 aliphatic heterocycles. The van der Waals surface area contributed by atoms with Gasteiger partial charge >= 0.3 is 0 Å². The number of hydrogen-bond acceptors (Lipinski definition) is 4. The minimum absolute atomic E-state index is 0.174. The van der Waals surface area contributed by atoms with Gasteiger partial charge in [-0.3, -0.25) is 9.48 Å². The van der Waals surface area contributed by atoms with Crippen LogP contribution in [-0.2, 0) is 16.1 Å². The lowest BCUT2D eigenvalue weighted by molar-refractivity contribution is -0.138. The van der Waals surface area contributed by atoms with Crippen molar-refractivity contribution >= 4 is 11.5 Å². The van der Waals surface area contributed by atoms with E-state index in [9.17, 15) is 4.79 Å². The van der Waals surface area contributed by atoms with Gasteiger partial charge in [-0.05, 0) is 98.2 Å². The predicted molar refractivity (Wildman–Crippen MR) is 134 cm³/mol. The molecule has 0 radical (unpaired) electrons. The Balaban J connectivity index is 0.00000126. The van der Waals surface area contributed by atoms with E-state index in [1.54, 1.807) is 17.1 Å². The number of fused-ring (bicyclic) bond motifs is 5. The Hall–Kier alpha value is -1.36. The van der Waals surface area contributed by atoms with Gasteiger partial charge in [0.2, 0.25) is 0 Å².